The predicted molar refractivity (Wildman–Crippen MR) is 154 cm³/mol. The largest absolute Gasteiger partial charge is 0.459 e. The average Bonchev–Trinajstić information content (AvgIpc) is 3.38. The molecule has 206 valence electrons. The number of anilines is 1. The summed E-state index contributed by atoms with van der Waals surface area (Å²) in [6, 6.07) is 23.4. The lowest BCUT2D eigenvalue weighted by Gasteiger charge is -2.21. The molecule has 0 unspecified atom stereocenters. The minimum Gasteiger partial charge on any atom is -0.459 e. The van der Waals surface area contributed by atoms with Crippen molar-refractivity contribution in [1.82, 2.24) is 9.73 Å². The summed E-state index contributed by atoms with van der Waals surface area (Å²) in [5.74, 6) is -1.38. The van der Waals surface area contributed by atoms with E-state index in [4.69, 9.17) is 27.6 Å². The van der Waals surface area contributed by atoms with Gasteiger partial charge in [-0.25, -0.2) is 13.8 Å². The van der Waals surface area contributed by atoms with Gasteiger partial charge >= 0.3 is 11.8 Å². The van der Waals surface area contributed by atoms with Gasteiger partial charge in [0.05, 0.1) is 27.7 Å². The first-order chi connectivity index (χ1) is 19.1. The fraction of sp³-hybridized carbons (Fsp3) is 0.107. The van der Waals surface area contributed by atoms with E-state index in [1.54, 1.807) is 36.4 Å². The molecular formula is C28H24Cl2N4O5S. The number of nitrogens with zero attached hydrogens (tertiary/aromatic N) is 2. The number of hydrogen-bond acceptors (Lipinski definition) is 6. The minimum absolute atomic E-state index is 0.0443. The normalized spacial score (nSPS) is 11.6. The van der Waals surface area contributed by atoms with Gasteiger partial charge in [0, 0.05) is 12.2 Å². The average molecular weight is 599 g/mol. The minimum atomic E-state index is -3.85. The van der Waals surface area contributed by atoms with Crippen molar-refractivity contribution in [2.75, 3.05) is 5.32 Å². The third-order valence-electron chi connectivity index (χ3n) is 5.62. The lowest BCUT2D eigenvalue weighted by atomic mass is 10.2. The van der Waals surface area contributed by atoms with E-state index >= 15 is 0 Å². The molecule has 0 saturated carbocycles. The highest BCUT2D eigenvalue weighted by Crippen LogP contribution is 2.25. The fourth-order valence-electron chi connectivity index (χ4n) is 3.56. The lowest BCUT2D eigenvalue weighted by Crippen LogP contribution is -2.32. The molecule has 4 aromatic rings. The van der Waals surface area contributed by atoms with Crippen LogP contribution in [0.2, 0.25) is 10.0 Å². The van der Waals surface area contributed by atoms with Crippen LogP contribution in [0.1, 0.15) is 22.6 Å². The number of carbonyl (C=O) groups is 2. The van der Waals surface area contributed by atoms with Crippen molar-refractivity contribution in [2.24, 2.45) is 5.10 Å². The zero-order valence-corrected chi connectivity index (χ0v) is 23.5. The topological polar surface area (TPSA) is 121 Å². The Balaban J connectivity index is 1.42. The molecule has 40 heavy (non-hydrogen) atoms. The molecule has 0 aliphatic heterocycles. The number of sulfonamides is 1. The summed E-state index contributed by atoms with van der Waals surface area (Å²) >= 11 is 11.8. The SMILES string of the molecule is Cc1ccc(S(=O)(=O)N(Cc2ccccc2)Cc2ccc(/C=N/NC(=O)C(=O)Nc3ccc(Cl)c(Cl)c3)o2)cc1. The van der Waals surface area contributed by atoms with Crippen molar-refractivity contribution < 1.29 is 22.4 Å². The second kappa shape index (κ2) is 12.9. The van der Waals surface area contributed by atoms with Crippen LogP contribution in [0, 0.1) is 6.92 Å². The number of amides is 2. The molecule has 0 radical (unpaired) electrons. The molecule has 2 N–H and O–H groups in total. The van der Waals surface area contributed by atoms with E-state index in [9.17, 15) is 18.0 Å². The molecule has 0 bridgehead atoms. The second-order valence-electron chi connectivity index (χ2n) is 8.66. The molecule has 0 atom stereocenters. The zero-order valence-electron chi connectivity index (χ0n) is 21.2. The van der Waals surface area contributed by atoms with Crippen LogP contribution in [0.5, 0.6) is 0 Å². The summed E-state index contributed by atoms with van der Waals surface area (Å²) in [5.41, 5.74) is 4.15. The summed E-state index contributed by atoms with van der Waals surface area (Å²) in [5, 5.41) is 6.65. The van der Waals surface area contributed by atoms with Crippen molar-refractivity contribution in [1.29, 1.82) is 0 Å². The Morgan fingerprint density at radius 1 is 0.900 bits per heavy atom. The van der Waals surface area contributed by atoms with Gasteiger partial charge < -0.3 is 9.73 Å². The van der Waals surface area contributed by atoms with Crippen LogP contribution in [0.4, 0.5) is 5.69 Å². The molecule has 1 aromatic heterocycles. The number of furan rings is 1. The van der Waals surface area contributed by atoms with Gasteiger partial charge in [0.25, 0.3) is 0 Å². The number of nitrogens with one attached hydrogen (secondary N) is 2. The molecule has 12 heteroatoms. The molecule has 0 fully saturated rings. The predicted octanol–water partition coefficient (Wildman–Crippen LogP) is 5.37. The van der Waals surface area contributed by atoms with Crippen LogP contribution in [0.3, 0.4) is 0 Å². The smallest absolute Gasteiger partial charge is 0.329 e. The molecule has 1 heterocycles. The molecule has 0 aliphatic carbocycles. The van der Waals surface area contributed by atoms with Gasteiger partial charge in [-0.1, -0.05) is 71.2 Å². The highest BCUT2D eigenvalue weighted by Gasteiger charge is 2.26. The Bertz CT molecular complexity index is 1640. The number of carbonyl (C=O) groups excluding carboxylic acids is 2. The van der Waals surface area contributed by atoms with Crippen molar-refractivity contribution in [3.63, 3.8) is 0 Å². The molecule has 0 aliphatic rings. The third-order valence-corrected chi connectivity index (χ3v) is 8.16. The van der Waals surface area contributed by atoms with E-state index in [0.29, 0.717) is 10.8 Å². The Hall–Kier alpha value is -3.96. The highest BCUT2D eigenvalue weighted by molar-refractivity contribution is 7.89. The number of aryl methyl sites for hydroxylation is 1. The van der Waals surface area contributed by atoms with E-state index in [2.05, 4.69) is 15.8 Å². The summed E-state index contributed by atoms with van der Waals surface area (Å²) in [6.45, 7) is 1.97. The van der Waals surface area contributed by atoms with Crippen molar-refractivity contribution in [3.05, 3.63) is 118 Å². The number of hydrazone groups is 1. The summed E-state index contributed by atoms with van der Waals surface area (Å²) in [7, 11) is -3.85. The van der Waals surface area contributed by atoms with Crippen molar-refractivity contribution in [2.45, 2.75) is 24.9 Å². The van der Waals surface area contributed by atoms with Crippen LogP contribution < -0.4 is 10.7 Å². The molecular weight excluding hydrogens is 575 g/mol. The Kier molecular flexibility index (Phi) is 9.38. The fourth-order valence-corrected chi connectivity index (χ4v) is 5.25. The molecule has 0 spiro atoms. The monoisotopic (exact) mass is 598 g/mol. The summed E-state index contributed by atoms with van der Waals surface area (Å²) < 4.78 is 34.0. The van der Waals surface area contributed by atoms with Gasteiger partial charge in [-0.15, -0.1) is 0 Å². The zero-order chi connectivity index (χ0) is 28.7. The highest BCUT2D eigenvalue weighted by atomic mass is 35.5. The molecule has 3 aromatic carbocycles. The Morgan fingerprint density at radius 2 is 1.62 bits per heavy atom. The number of halogens is 2. The number of rotatable bonds is 9. The van der Waals surface area contributed by atoms with Crippen LogP contribution >= 0.6 is 23.2 Å². The first kappa shape index (κ1) is 29.0. The van der Waals surface area contributed by atoms with Crippen LogP contribution in [0.25, 0.3) is 0 Å². The standard InChI is InChI=1S/C28H24Cl2N4O5S/c1-19-7-12-24(13-8-19)40(37,38)34(17-20-5-3-2-4-6-20)18-23-11-10-22(39-23)16-31-33-28(36)27(35)32-21-9-14-25(29)26(30)15-21/h2-16H,17-18H2,1H3,(H,32,35)(H,33,36)/b31-16+. The maximum atomic E-state index is 13.5. The van der Waals surface area contributed by atoms with E-state index in [1.807, 2.05) is 37.3 Å². The maximum Gasteiger partial charge on any atom is 0.329 e. The maximum absolute atomic E-state index is 13.5. The van der Waals surface area contributed by atoms with Gasteiger partial charge in [-0.2, -0.15) is 9.41 Å². The number of benzene rings is 3. The molecule has 9 nitrogen and oxygen atoms in total. The first-order valence-electron chi connectivity index (χ1n) is 11.9. The summed E-state index contributed by atoms with van der Waals surface area (Å²) in [6.07, 6.45) is 1.20. The van der Waals surface area contributed by atoms with Crippen LogP contribution in [-0.2, 0) is 32.7 Å². The first-order valence-corrected chi connectivity index (χ1v) is 14.1. The number of hydrogen-bond donors (Lipinski definition) is 2. The molecule has 0 saturated heterocycles. The molecule has 4 rings (SSSR count). The van der Waals surface area contributed by atoms with E-state index in [0.717, 1.165) is 11.1 Å². The van der Waals surface area contributed by atoms with Gasteiger partial charge in [0.2, 0.25) is 10.0 Å². The van der Waals surface area contributed by atoms with Gasteiger partial charge in [-0.05, 0) is 55.0 Å². The van der Waals surface area contributed by atoms with E-state index in [1.165, 1.54) is 28.7 Å². The van der Waals surface area contributed by atoms with Crippen molar-refractivity contribution >= 4 is 56.9 Å². The Labute approximate surface area is 241 Å². The van der Waals surface area contributed by atoms with Gasteiger partial charge in [0.15, 0.2) is 0 Å². The van der Waals surface area contributed by atoms with Crippen molar-refractivity contribution in [3.8, 4) is 0 Å². The Morgan fingerprint density at radius 3 is 2.33 bits per heavy atom. The van der Waals surface area contributed by atoms with E-state index < -0.39 is 21.8 Å². The van der Waals surface area contributed by atoms with E-state index in [-0.39, 0.29) is 34.5 Å². The van der Waals surface area contributed by atoms with Crippen LogP contribution in [0.15, 0.2) is 99.3 Å². The van der Waals surface area contributed by atoms with Gasteiger partial charge in [-0.3, -0.25) is 9.59 Å². The quantitative estimate of drug-likeness (QED) is 0.152. The third kappa shape index (κ3) is 7.57. The second-order valence-corrected chi connectivity index (χ2v) is 11.4. The van der Waals surface area contributed by atoms with Gasteiger partial charge in [0.1, 0.15) is 11.5 Å². The van der Waals surface area contributed by atoms with Crippen LogP contribution in [-0.4, -0.2) is 30.8 Å². The summed E-state index contributed by atoms with van der Waals surface area (Å²) in [4.78, 5) is 24.3. The lowest BCUT2D eigenvalue weighted by molar-refractivity contribution is -0.136. The molecule has 2 amide bonds.